The summed E-state index contributed by atoms with van der Waals surface area (Å²) in [4.78, 5) is 5.14. The van der Waals surface area contributed by atoms with Gasteiger partial charge in [-0.1, -0.05) is 18.2 Å². The van der Waals surface area contributed by atoms with E-state index in [0.717, 1.165) is 42.0 Å². The molecule has 146 valence electrons. The van der Waals surface area contributed by atoms with Crippen molar-refractivity contribution >= 4 is 22.4 Å². The topological polar surface area (TPSA) is 59.6 Å². The van der Waals surface area contributed by atoms with Gasteiger partial charge in [0.25, 0.3) is 0 Å². The molecule has 4 bridgehead atoms. The molecule has 4 nitrogen and oxygen atoms in total. The zero-order valence-corrected chi connectivity index (χ0v) is 16.6. The van der Waals surface area contributed by atoms with Gasteiger partial charge in [-0.25, -0.2) is 4.99 Å². The van der Waals surface area contributed by atoms with Crippen molar-refractivity contribution in [2.24, 2.45) is 28.5 Å². The summed E-state index contributed by atoms with van der Waals surface area (Å²) in [5, 5.41) is 6.11. The van der Waals surface area contributed by atoms with Gasteiger partial charge in [0.2, 0.25) is 0 Å². The molecule has 4 fully saturated rings. The number of hydrogen-bond donors (Lipinski definition) is 2. The highest BCUT2D eigenvalue weighted by molar-refractivity contribution is 6.02. The fourth-order valence-corrected chi connectivity index (χ4v) is 7.22. The maximum Gasteiger partial charge on any atom is 0.193 e. The summed E-state index contributed by atoms with van der Waals surface area (Å²) in [6, 6.07) is 8.69. The lowest BCUT2D eigenvalue weighted by atomic mass is 9.53. The predicted molar refractivity (Wildman–Crippen MR) is 114 cm³/mol. The van der Waals surface area contributed by atoms with Crippen LogP contribution in [-0.4, -0.2) is 18.6 Å². The number of methoxy groups -OCH3 is 1. The summed E-state index contributed by atoms with van der Waals surface area (Å²) >= 11 is 0. The number of nitrogens with two attached hydrogens (primary N) is 1. The van der Waals surface area contributed by atoms with Crippen LogP contribution in [0.15, 0.2) is 29.3 Å². The highest BCUT2D eigenvalue weighted by Crippen LogP contribution is 2.57. The molecule has 5 aliphatic rings. The van der Waals surface area contributed by atoms with E-state index in [2.05, 4.69) is 29.6 Å². The Morgan fingerprint density at radius 2 is 1.82 bits per heavy atom. The van der Waals surface area contributed by atoms with Gasteiger partial charge in [-0.2, -0.15) is 0 Å². The lowest BCUT2D eigenvalue weighted by molar-refractivity contribution is 0.00163. The first-order valence-electron chi connectivity index (χ1n) is 10.9. The molecule has 0 amide bonds. The largest absolute Gasteiger partial charge is 0.495 e. The number of guanidine groups is 1. The van der Waals surface area contributed by atoms with Crippen molar-refractivity contribution in [3.05, 3.63) is 35.4 Å². The lowest BCUT2D eigenvalue weighted by Crippen LogP contribution is -2.50. The molecule has 2 aromatic rings. The molecule has 0 aliphatic heterocycles. The molecule has 4 heteroatoms. The molecule has 5 aliphatic carbocycles. The van der Waals surface area contributed by atoms with Gasteiger partial charge < -0.3 is 15.8 Å². The summed E-state index contributed by atoms with van der Waals surface area (Å²) in [6.45, 7) is 0. The van der Waals surface area contributed by atoms with Crippen LogP contribution in [0.5, 0.6) is 5.75 Å². The van der Waals surface area contributed by atoms with Gasteiger partial charge in [-0.3, -0.25) is 0 Å². The highest BCUT2D eigenvalue weighted by Gasteiger charge is 2.51. The first-order chi connectivity index (χ1) is 13.6. The van der Waals surface area contributed by atoms with Crippen LogP contribution in [0.25, 0.3) is 10.8 Å². The Morgan fingerprint density at radius 3 is 2.50 bits per heavy atom. The molecule has 0 spiro atoms. The van der Waals surface area contributed by atoms with E-state index in [4.69, 9.17) is 15.5 Å². The van der Waals surface area contributed by atoms with E-state index in [9.17, 15) is 0 Å². The minimum Gasteiger partial charge on any atom is -0.495 e. The van der Waals surface area contributed by atoms with Crippen molar-refractivity contribution in [3.8, 4) is 5.75 Å². The summed E-state index contributed by atoms with van der Waals surface area (Å²) in [7, 11) is 1.74. The van der Waals surface area contributed by atoms with E-state index >= 15 is 0 Å². The van der Waals surface area contributed by atoms with Crippen LogP contribution in [0.1, 0.15) is 49.7 Å². The Bertz CT molecular complexity index is 958. The van der Waals surface area contributed by atoms with E-state index in [1.54, 1.807) is 7.11 Å². The van der Waals surface area contributed by atoms with Gasteiger partial charge in [0.1, 0.15) is 5.75 Å². The molecular formula is C24H29N3O. The van der Waals surface area contributed by atoms with E-state index in [0.29, 0.717) is 5.96 Å². The van der Waals surface area contributed by atoms with Crippen LogP contribution in [0, 0.1) is 17.8 Å². The molecular weight excluding hydrogens is 346 g/mol. The number of ether oxygens (including phenoxy) is 1. The van der Waals surface area contributed by atoms with Crippen LogP contribution in [0.4, 0.5) is 5.69 Å². The van der Waals surface area contributed by atoms with Crippen molar-refractivity contribution in [3.63, 3.8) is 0 Å². The smallest absolute Gasteiger partial charge is 0.193 e. The van der Waals surface area contributed by atoms with E-state index in [-0.39, 0.29) is 5.54 Å². The van der Waals surface area contributed by atoms with Gasteiger partial charge in [0, 0.05) is 0 Å². The molecule has 2 aromatic carbocycles. The SMILES string of the molecule is COc1cc2cccc3c2c(c1NC(N)=NC12CC4CC(CC(C4)C1)C2)CC3. The van der Waals surface area contributed by atoms with Crippen molar-refractivity contribution in [2.45, 2.75) is 56.9 Å². The molecule has 0 heterocycles. The van der Waals surface area contributed by atoms with Gasteiger partial charge in [0.05, 0.1) is 18.3 Å². The number of hydrogen-bond acceptors (Lipinski definition) is 2. The third kappa shape index (κ3) is 2.46. The van der Waals surface area contributed by atoms with Crippen molar-refractivity contribution in [1.82, 2.24) is 0 Å². The van der Waals surface area contributed by atoms with Crippen LogP contribution in [-0.2, 0) is 12.8 Å². The number of aryl methyl sites for hydroxylation is 2. The standard InChI is InChI=1S/C24H29N3O/c1-28-20-10-18-4-2-3-17-5-6-19(21(17)18)22(20)26-23(25)27-24-11-14-7-15(12-24)9-16(8-14)13-24/h2-4,10,14-16H,5-9,11-13H2,1H3,(H3,25,26,27). The maximum atomic E-state index is 6.52. The molecule has 3 N–H and O–H groups in total. The van der Waals surface area contributed by atoms with Crippen LogP contribution < -0.4 is 15.8 Å². The van der Waals surface area contributed by atoms with Crippen molar-refractivity contribution in [2.75, 3.05) is 12.4 Å². The first-order valence-corrected chi connectivity index (χ1v) is 10.9. The first kappa shape index (κ1) is 16.7. The van der Waals surface area contributed by atoms with Crippen LogP contribution in [0.3, 0.4) is 0 Å². The number of nitrogens with one attached hydrogen (secondary N) is 1. The number of rotatable bonds is 3. The molecule has 0 saturated heterocycles. The Balaban J connectivity index is 1.37. The number of nitrogens with zero attached hydrogens (tertiary/aromatic N) is 1. The molecule has 0 radical (unpaired) electrons. The fraction of sp³-hybridized carbons (Fsp3) is 0.542. The number of anilines is 1. The maximum absolute atomic E-state index is 6.52. The molecule has 28 heavy (non-hydrogen) atoms. The van der Waals surface area contributed by atoms with Crippen molar-refractivity contribution < 1.29 is 4.74 Å². The molecule has 0 aromatic heterocycles. The zero-order valence-electron chi connectivity index (χ0n) is 16.6. The Hall–Kier alpha value is -2.23. The van der Waals surface area contributed by atoms with Gasteiger partial charge in [0.15, 0.2) is 5.96 Å². The summed E-state index contributed by atoms with van der Waals surface area (Å²) in [5.41, 5.74) is 10.4. The molecule has 7 rings (SSSR count). The normalized spacial score (nSPS) is 32.9. The number of aliphatic imine (C=N–C) groups is 1. The second-order valence-electron chi connectivity index (χ2n) is 9.71. The lowest BCUT2D eigenvalue weighted by Gasteiger charge is -2.54. The van der Waals surface area contributed by atoms with Crippen LogP contribution in [0.2, 0.25) is 0 Å². The van der Waals surface area contributed by atoms with E-state index in [1.165, 1.54) is 60.4 Å². The molecule has 0 atom stereocenters. The summed E-state index contributed by atoms with van der Waals surface area (Å²) < 4.78 is 5.74. The van der Waals surface area contributed by atoms with Gasteiger partial charge >= 0.3 is 0 Å². The highest BCUT2D eigenvalue weighted by atomic mass is 16.5. The van der Waals surface area contributed by atoms with Gasteiger partial charge in [-0.15, -0.1) is 0 Å². The van der Waals surface area contributed by atoms with E-state index < -0.39 is 0 Å². The third-order valence-electron chi connectivity index (χ3n) is 7.80. The average Bonchev–Trinajstić information content (AvgIpc) is 3.08. The Labute approximate surface area is 166 Å². The summed E-state index contributed by atoms with van der Waals surface area (Å²) in [5.74, 6) is 4.06. The monoisotopic (exact) mass is 375 g/mol. The average molecular weight is 376 g/mol. The third-order valence-corrected chi connectivity index (χ3v) is 7.80. The Kier molecular flexibility index (Phi) is 3.51. The molecule has 4 saturated carbocycles. The quantitative estimate of drug-likeness (QED) is 0.607. The Morgan fingerprint density at radius 1 is 1.11 bits per heavy atom. The van der Waals surface area contributed by atoms with Crippen LogP contribution >= 0.6 is 0 Å². The second-order valence-corrected chi connectivity index (χ2v) is 9.71. The second kappa shape index (κ2) is 5.88. The fourth-order valence-electron chi connectivity index (χ4n) is 7.22. The van der Waals surface area contributed by atoms with Gasteiger partial charge in [-0.05, 0) is 97.1 Å². The zero-order chi connectivity index (χ0) is 18.9. The minimum absolute atomic E-state index is 0.0847. The minimum atomic E-state index is 0.0847. The van der Waals surface area contributed by atoms with E-state index in [1.807, 2.05) is 0 Å². The number of benzene rings is 2. The predicted octanol–water partition coefficient (Wildman–Crippen LogP) is 4.64. The van der Waals surface area contributed by atoms with Crippen molar-refractivity contribution in [1.29, 1.82) is 0 Å². The summed E-state index contributed by atoms with van der Waals surface area (Å²) in [6.07, 6.45) is 10.1. The molecule has 0 unspecified atom stereocenters.